The van der Waals surface area contributed by atoms with Crippen molar-refractivity contribution in [3.05, 3.63) is 64.5 Å². The lowest BCUT2D eigenvalue weighted by molar-refractivity contribution is -0.685. The first-order valence-electron chi connectivity index (χ1n) is 7.29. The smallest absolute Gasteiger partial charge is 0.292 e. The van der Waals surface area contributed by atoms with Crippen LogP contribution in [-0.4, -0.2) is 5.78 Å². The Hall–Kier alpha value is -2.68. The van der Waals surface area contributed by atoms with Gasteiger partial charge in [0.15, 0.2) is 12.4 Å². The largest absolute Gasteiger partial charge is 0.422 e. The van der Waals surface area contributed by atoms with Gasteiger partial charge in [-0.25, -0.2) is 0 Å². The van der Waals surface area contributed by atoms with Gasteiger partial charge in [-0.2, -0.15) is 23.0 Å². The van der Waals surface area contributed by atoms with Gasteiger partial charge in [-0.3, -0.25) is 4.79 Å². The number of carbonyl (C=O) groups excluding carboxylic acids is 1. The number of halogens is 3. The molecule has 1 aromatic carbocycles. The fraction of sp³-hybridized carbons (Fsp3) is 0.278. The number of hydrogen-bond acceptors (Lipinski definition) is 2. The minimum Gasteiger partial charge on any atom is -0.292 e. The highest BCUT2D eigenvalue weighted by Gasteiger charge is 2.34. The van der Waals surface area contributed by atoms with Gasteiger partial charge in [0.05, 0.1) is 0 Å². The van der Waals surface area contributed by atoms with Crippen molar-refractivity contribution < 1.29 is 22.5 Å². The monoisotopic (exact) mass is 333 g/mol. The summed E-state index contributed by atoms with van der Waals surface area (Å²) >= 11 is 0. The van der Waals surface area contributed by atoms with Crippen LogP contribution in [0.25, 0.3) is 0 Å². The minimum atomic E-state index is -4.57. The van der Waals surface area contributed by atoms with Crippen molar-refractivity contribution in [1.82, 2.24) is 0 Å². The summed E-state index contributed by atoms with van der Waals surface area (Å²) in [5.41, 5.74) is 1.74. The Bertz CT molecular complexity index is 800. The van der Waals surface area contributed by atoms with Gasteiger partial charge in [0.1, 0.15) is 17.2 Å². The van der Waals surface area contributed by atoms with Crippen molar-refractivity contribution in [1.29, 1.82) is 5.26 Å². The molecule has 24 heavy (non-hydrogen) atoms. The van der Waals surface area contributed by atoms with E-state index in [9.17, 15) is 18.0 Å². The molecule has 1 aromatic heterocycles. The molecular weight excluding hydrogens is 317 g/mol. The number of benzene rings is 1. The van der Waals surface area contributed by atoms with Gasteiger partial charge in [0.2, 0.25) is 12.3 Å². The third-order valence-corrected chi connectivity index (χ3v) is 3.75. The molecule has 1 heterocycles. The van der Waals surface area contributed by atoms with Crippen LogP contribution < -0.4 is 4.57 Å². The van der Waals surface area contributed by atoms with Gasteiger partial charge in [-0.1, -0.05) is 18.2 Å². The van der Waals surface area contributed by atoms with E-state index in [-0.39, 0.29) is 24.3 Å². The fourth-order valence-electron chi connectivity index (χ4n) is 2.53. The molecule has 0 aliphatic carbocycles. The average Bonchev–Trinajstić information content (AvgIpc) is 2.50. The fourth-order valence-corrected chi connectivity index (χ4v) is 2.53. The predicted octanol–water partition coefficient (Wildman–Crippen LogP) is 3.29. The molecule has 0 saturated carbocycles. The van der Waals surface area contributed by atoms with Crippen LogP contribution >= 0.6 is 0 Å². The van der Waals surface area contributed by atoms with Crippen molar-refractivity contribution >= 4 is 5.78 Å². The second-order valence-electron chi connectivity index (χ2n) is 5.68. The van der Waals surface area contributed by atoms with Crippen LogP contribution in [0.15, 0.2) is 36.7 Å². The van der Waals surface area contributed by atoms with E-state index in [1.54, 1.807) is 6.07 Å². The highest BCUT2D eigenvalue weighted by Crippen LogP contribution is 2.28. The lowest BCUT2D eigenvalue weighted by Crippen LogP contribution is -2.39. The molecule has 124 valence electrons. The van der Waals surface area contributed by atoms with Gasteiger partial charge in [-0.05, 0) is 36.6 Å². The highest BCUT2D eigenvalue weighted by molar-refractivity contribution is 5.80. The molecule has 0 radical (unpaired) electrons. The zero-order valence-electron chi connectivity index (χ0n) is 13.3. The SMILES string of the molecule is Cc1cccc(C)c1CC(=O)C[n+]1cc(C#N)cc(C(F)(F)F)c1. The van der Waals surface area contributed by atoms with Gasteiger partial charge >= 0.3 is 6.18 Å². The van der Waals surface area contributed by atoms with Crippen LogP contribution in [0.5, 0.6) is 0 Å². The van der Waals surface area contributed by atoms with Gasteiger partial charge in [0, 0.05) is 6.42 Å². The summed E-state index contributed by atoms with van der Waals surface area (Å²) < 4.78 is 39.7. The molecular formula is C18H16F3N2O+. The number of Topliss-reactive ketones (excluding diaryl/α,β-unsaturated/α-hetero) is 1. The van der Waals surface area contributed by atoms with E-state index in [0.29, 0.717) is 0 Å². The lowest BCUT2D eigenvalue weighted by atomic mass is 9.98. The van der Waals surface area contributed by atoms with Crippen molar-refractivity contribution in [2.24, 2.45) is 0 Å². The summed E-state index contributed by atoms with van der Waals surface area (Å²) in [4.78, 5) is 12.3. The molecule has 0 unspecified atom stereocenters. The molecule has 3 nitrogen and oxygen atoms in total. The Balaban J connectivity index is 2.25. The van der Waals surface area contributed by atoms with E-state index in [2.05, 4.69) is 0 Å². The molecule has 0 atom stereocenters. The van der Waals surface area contributed by atoms with Crippen molar-refractivity contribution in [2.75, 3.05) is 0 Å². The summed E-state index contributed by atoms with van der Waals surface area (Å²) in [7, 11) is 0. The van der Waals surface area contributed by atoms with Crippen LogP contribution in [0, 0.1) is 25.2 Å². The first-order chi connectivity index (χ1) is 11.2. The van der Waals surface area contributed by atoms with Crippen molar-refractivity contribution in [3.8, 4) is 6.07 Å². The van der Waals surface area contributed by atoms with Gasteiger partial charge < -0.3 is 0 Å². The number of aromatic nitrogens is 1. The quantitative estimate of drug-likeness (QED) is 0.806. The Morgan fingerprint density at radius 2 is 1.83 bits per heavy atom. The molecule has 2 rings (SSSR count). The highest BCUT2D eigenvalue weighted by atomic mass is 19.4. The van der Waals surface area contributed by atoms with Crippen LogP contribution in [-0.2, 0) is 23.9 Å². The standard InChI is InChI=1S/C18H16F3N2O/c1-12-4-3-5-13(2)17(12)7-16(24)11-23-9-14(8-22)6-15(10-23)18(19,20)21/h3-6,9-10H,7,11H2,1-2H3/q+1. The first-order valence-corrected chi connectivity index (χ1v) is 7.29. The lowest BCUT2D eigenvalue weighted by Gasteiger charge is -2.08. The number of hydrogen-bond donors (Lipinski definition) is 0. The van der Waals surface area contributed by atoms with Gasteiger partial charge in [-0.15, -0.1) is 0 Å². The third-order valence-electron chi connectivity index (χ3n) is 3.75. The van der Waals surface area contributed by atoms with E-state index < -0.39 is 11.7 Å². The molecule has 0 spiro atoms. The van der Waals surface area contributed by atoms with Crippen LogP contribution in [0.1, 0.15) is 27.8 Å². The van der Waals surface area contributed by atoms with E-state index in [4.69, 9.17) is 5.26 Å². The number of rotatable bonds is 4. The normalized spacial score (nSPS) is 11.2. The first kappa shape index (κ1) is 17.7. The molecule has 6 heteroatoms. The van der Waals surface area contributed by atoms with E-state index in [1.165, 1.54) is 6.20 Å². The maximum atomic E-state index is 12.9. The number of pyridine rings is 1. The van der Waals surface area contributed by atoms with Gasteiger partial charge in [0.25, 0.3) is 0 Å². The number of aryl methyl sites for hydroxylation is 2. The van der Waals surface area contributed by atoms with Crippen molar-refractivity contribution in [3.63, 3.8) is 0 Å². The molecule has 0 amide bonds. The zero-order valence-corrected chi connectivity index (χ0v) is 13.3. The van der Waals surface area contributed by atoms with E-state index >= 15 is 0 Å². The number of nitrogens with zero attached hydrogens (tertiary/aromatic N) is 2. The Labute approximate surface area is 138 Å². The van der Waals surface area contributed by atoms with E-state index in [1.807, 2.05) is 32.0 Å². The number of carbonyl (C=O) groups is 1. The Kier molecular flexibility index (Phi) is 5.03. The predicted molar refractivity (Wildman–Crippen MR) is 81.0 cm³/mol. The number of ketones is 1. The minimum absolute atomic E-state index is 0.135. The zero-order chi connectivity index (χ0) is 17.9. The maximum Gasteiger partial charge on any atom is 0.422 e. The summed E-state index contributed by atoms with van der Waals surface area (Å²) in [6.07, 6.45) is -2.32. The Morgan fingerprint density at radius 3 is 2.38 bits per heavy atom. The molecule has 0 bridgehead atoms. The molecule has 0 aliphatic rings. The van der Waals surface area contributed by atoms with E-state index in [0.717, 1.165) is 33.5 Å². The van der Waals surface area contributed by atoms with Crippen LogP contribution in [0.3, 0.4) is 0 Å². The molecule has 0 fully saturated rings. The number of alkyl halides is 3. The van der Waals surface area contributed by atoms with Crippen molar-refractivity contribution in [2.45, 2.75) is 33.0 Å². The topological polar surface area (TPSA) is 44.7 Å². The molecule has 0 N–H and O–H groups in total. The number of nitriles is 1. The molecule has 0 saturated heterocycles. The second-order valence-corrected chi connectivity index (χ2v) is 5.68. The summed E-state index contributed by atoms with van der Waals surface area (Å²) in [6.45, 7) is 3.56. The molecule has 2 aromatic rings. The van der Waals surface area contributed by atoms with Crippen LogP contribution in [0.2, 0.25) is 0 Å². The summed E-state index contributed by atoms with van der Waals surface area (Å²) in [5, 5.41) is 8.88. The average molecular weight is 333 g/mol. The summed E-state index contributed by atoms with van der Waals surface area (Å²) in [6, 6.07) is 8.13. The van der Waals surface area contributed by atoms with Crippen LogP contribution in [0.4, 0.5) is 13.2 Å². The molecule has 0 aliphatic heterocycles. The maximum absolute atomic E-state index is 12.9. The Morgan fingerprint density at radius 1 is 1.21 bits per heavy atom. The second kappa shape index (κ2) is 6.83. The summed E-state index contributed by atoms with van der Waals surface area (Å²) in [5.74, 6) is -0.222. The third kappa shape index (κ3) is 4.19.